The summed E-state index contributed by atoms with van der Waals surface area (Å²) in [6, 6.07) is 44.5. The first-order valence-electron chi connectivity index (χ1n) is 14.8. The minimum Gasteiger partial charge on any atom is -0.456 e. The highest BCUT2D eigenvalue weighted by Gasteiger charge is 2.17. The quantitative estimate of drug-likeness (QED) is 0.199. The maximum Gasteiger partial charge on any atom is 0.164 e. The summed E-state index contributed by atoms with van der Waals surface area (Å²) in [5.74, 6) is 1.90. The Hall–Kier alpha value is -5.43. The zero-order valence-electron chi connectivity index (χ0n) is 23.7. The molecule has 0 aliphatic carbocycles. The molecule has 4 heterocycles. The van der Waals surface area contributed by atoms with Crippen LogP contribution in [0.3, 0.4) is 0 Å². The summed E-state index contributed by atoms with van der Waals surface area (Å²) in [6.07, 6.45) is 0. The smallest absolute Gasteiger partial charge is 0.164 e. The Kier molecular flexibility index (Phi) is 5.29. The van der Waals surface area contributed by atoms with E-state index < -0.39 is 0 Å². The first-order chi connectivity index (χ1) is 22.2. The van der Waals surface area contributed by atoms with Crippen molar-refractivity contribution >= 4 is 85.0 Å². The summed E-state index contributed by atoms with van der Waals surface area (Å²) in [5.41, 5.74) is 4.49. The summed E-state index contributed by atoms with van der Waals surface area (Å²) >= 11 is 3.62. The lowest BCUT2D eigenvalue weighted by Crippen LogP contribution is -2.00. The lowest BCUT2D eigenvalue weighted by molar-refractivity contribution is 0.669. The van der Waals surface area contributed by atoms with Crippen molar-refractivity contribution in [1.29, 1.82) is 0 Å². The van der Waals surface area contributed by atoms with Gasteiger partial charge in [-0.2, -0.15) is 0 Å². The summed E-state index contributed by atoms with van der Waals surface area (Å²) in [7, 11) is 0. The SMILES string of the molecule is c1ccc2c(c1)oc1cc(-c3nc(-c4ccc5sc6ccccc6c5c4)nc(-c4ccc5sc6ccccc6c5c4)n3)ccc12. The van der Waals surface area contributed by atoms with Gasteiger partial charge >= 0.3 is 0 Å². The van der Waals surface area contributed by atoms with Crippen molar-refractivity contribution in [2.45, 2.75) is 0 Å². The van der Waals surface area contributed by atoms with Gasteiger partial charge in [0.15, 0.2) is 17.5 Å². The number of hydrogen-bond acceptors (Lipinski definition) is 6. The van der Waals surface area contributed by atoms with E-state index in [2.05, 4.69) is 103 Å². The van der Waals surface area contributed by atoms with Gasteiger partial charge in [0.25, 0.3) is 0 Å². The van der Waals surface area contributed by atoms with Crippen LogP contribution in [0.15, 0.2) is 132 Å². The van der Waals surface area contributed by atoms with Crippen LogP contribution in [0.4, 0.5) is 0 Å². The molecule has 6 heteroatoms. The second-order valence-corrected chi connectivity index (χ2v) is 13.4. The highest BCUT2D eigenvalue weighted by molar-refractivity contribution is 7.26. The molecule has 4 nitrogen and oxygen atoms in total. The van der Waals surface area contributed by atoms with Crippen molar-refractivity contribution in [1.82, 2.24) is 15.0 Å². The van der Waals surface area contributed by atoms with Crippen LogP contribution in [0.2, 0.25) is 0 Å². The zero-order chi connectivity index (χ0) is 29.5. The van der Waals surface area contributed by atoms with E-state index in [1.807, 2.05) is 46.9 Å². The number of fused-ring (bicyclic) bond motifs is 9. The van der Waals surface area contributed by atoms with Gasteiger partial charge in [0.05, 0.1) is 0 Å². The summed E-state index contributed by atoms with van der Waals surface area (Å²) in [5, 5.41) is 7.10. The molecule has 0 fully saturated rings. The van der Waals surface area contributed by atoms with Gasteiger partial charge in [-0.25, -0.2) is 15.0 Å². The van der Waals surface area contributed by atoms with Gasteiger partial charge in [-0.15, -0.1) is 22.7 Å². The molecule has 0 amide bonds. The monoisotopic (exact) mass is 611 g/mol. The number of furan rings is 1. The molecule has 0 saturated heterocycles. The predicted octanol–water partition coefficient (Wildman–Crippen LogP) is 11.5. The fraction of sp³-hybridized carbons (Fsp3) is 0. The van der Waals surface area contributed by atoms with E-state index in [0.29, 0.717) is 17.5 Å². The van der Waals surface area contributed by atoms with E-state index in [0.717, 1.165) is 38.6 Å². The first kappa shape index (κ1) is 25.0. The number of aromatic nitrogens is 3. The third-order valence-corrected chi connectivity index (χ3v) is 10.8. The molecule has 0 aliphatic heterocycles. The van der Waals surface area contributed by atoms with Gasteiger partial charge in [-0.05, 0) is 66.7 Å². The standard InChI is InChI=1S/C39H21N3OS2/c1-4-10-31-25(7-1)26-16-13-24(21-32(26)43-31)39-41-37(22-14-17-35-29(19-22)27-8-2-5-11-33(27)44-35)40-38(42-39)23-15-18-36-30(20-23)28-9-3-6-12-34(28)45-36/h1-21H. The van der Waals surface area contributed by atoms with E-state index in [9.17, 15) is 0 Å². The second-order valence-electron chi connectivity index (χ2n) is 11.2. The van der Waals surface area contributed by atoms with E-state index >= 15 is 0 Å². The Morgan fingerprint density at radius 3 is 1.40 bits per heavy atom. The molecule has 4 aromatic heterocycles. The van der Waals surface area contributed by atoms with Crippen molar-refractivity contribution < 1.29 is 4.42 Å². The molecule has 0 bridgehead atoms. The average Bonchev–Trinajstić information content (AvgIpc) is 3.78. The third kappa shape index (κ3) is 3.93. The molecule has 45 heavy (non-hydrogen) atoms. The number of para-hydroxylation sites is 1. The van der Waals surface area contributed by atoms with Gasteiger partial charge in [0.1, 0.15) is 11.2 Å². The van der Waals surface area contributed by atoms with Crippen LogP contribution in [-0.2, 0) is 0 Å². The highest BCUT2D eigenvalue weighted by atomic mass is 32.1. The summed E-state index contributed by atoms with van der Waals surface area (Å²) in [6.45, 7) is 0. The highest BCUT2D eigenvalue weighted by Crippen LogP contribution is 2.39. The molecule has 10 rings (SSSR count). The van der Waals surface area contributed by atoms with Gasteiger partial charge in [-0.1, -0.05) is 60.7 Å². The van der Waals surface area contributed by atoms with Crippen LogP contribution in [0, 0.1) is 0 Å². The minimum absolute atomic E-state index is 0.614. The topological polar surface area (TPSA) is 51.8 Å². The van der Waals surface area contributed by atoms with E-state index in [4.69, 9.17) is 19.4 Å². The van der Waals surface area contributed by atoms with Crippen LogP contribution in [-0.4, -0.2) is 15.0 Å². The molecule has 0 atom stereocenters. The Morgan fingerprint density at radius 1 is 0.356 bits per heavy atom. The van der Waals surface area contributed by atoms with Crippen LogP contribution < -0.4 is 0 Å². The van der Waals surface area contributed by atoms with Crippen molar-refractivity contribution in [2.75, 3.05) is 0 Å². The molecule has 0 unspecified atom stereocenters. The van der Waals surface area contributed by atoms with Gasteiger partial charge in [-0.3, -0.25) is 0 Å². The summed E-state index contributed by atoms with van der Waals surface area (Å²) < 4.78 is 11.3. The van der Waals surface area contributed by atoms with Crippen LogP contribution in [0.5, 0.6) is 0 Å². The first-order valence-corrected chi connectivity index (χ1v) is 16.4. The van der Waals surface area contributed by atoms with Gasteiger partial charge in [0.2, 0.25) is 0 Å². The third-order valence-electron chi connectivity index (χ3n) is 8.54. The molecule has 0 N–H and O–H groups in total. The molecule has 10 aromatic rings. The van der Waals surface area contributed by atoms with E-state index in [-0.39, 0.29) is 0 Å². The largest absolute Gasteiger partial charge is 0.456 e. The van der Waals surface area contributed by atoms with Crippen LogP contribution in [0.1, 0.15) is 0 Å². The van der Waals surface area contributed by atoms with Crippen LogP contribution in [0.25, 0.3) is 96.4 Å². The zero-order valence-corrected chi connectivity index (χ0v) is 25.3. The number of benzene rings is 6. The second kappa shape index (κ2) is 9.53. The Balaban J connectivity index is 1.20. The number of hydrogen-bond donors (Lipinski definition) is 0. The predicted molar refractivity (Wildman–Crippen MR) is 189 cm³/mol. The molecule has 6 aromatic carbocycles. The fourth-order valence-corrected chi connectivity index (χ4v) is 8.53. The fourth-order valence-electron chi connectivity index (χ4n) is 6.36. The number of thiophene rings is 2. The van der Waals surface area contributed by atoms with Crippen molar-refractivity contribution in [2.24, 2.45) is 0 Å². The Bertz CT molecular complexity index is 2660. The molecule has 0 radical (unpaired) electrons. The minimum atomic E-state index is 0.614. The molecule has 0 spiro atoms. The Morgan fingerprint density at radius 2 is 0.800 bits per heavy atom. The molecular weight excluding hydrogens is 591 g/mol. The van der Waals surface area contributed by atoms with Crippen molar-refractivity contribution in [3.8, 4) is 34.2 Å². The van der Waals surface area contributed by atoms with E-state index in [1.165, 1.54) is 40.3 Å². The van der Waals surface area contributed by atoms with Crippen molar-refractivity contribution in [3.05, 3.63) is 127 Å². The van der Waals surface area contributed by atoms with Crippen LogP contribution >= 0.6 is 22.7 Å². The molecule has 0 aliphatic rings. The maximum atomic E-state index is 6.24. The molecular formula is C39H21N3OS2. The van der Waals surface area contributed by atoms with Gasteiger partial charge in [0, 0.05) is 67.8 Å². The number of nitrogens with zero attached hydrogens (tertiary/aromatic N) is 3. The number of rotatable bonds is 3. The maximum absolute atomic E-state index is 6.24. The normalized spacial score (nSPS) is 12.0. The van der Waals surface area contributed by atoms with E-state index in [1.54, 1.807) is 0 Å². The van der Waals surface area contributed by atoms with Crippen molar-refractivity contribution in [3.63, 3.8) is 0 Å². The molecule has 0 saturated carbocycles. The lowest BCUT2D eigenvalue weighted by Gasteiger charge is -2.09. The molecule has 210 valence electrons. The Labute approximate surface area is 264 Å². The van der Waals surface area contributed by atoms with Gasteiger partial charge < -0.3 is 4.42 Å². The average molecular weight is 612 g/mol. The lowest BCUT2D eigenvalue weighted by atomic mass is 10.1. The summed E-state index contributed by atoms with van der Waals surface area (Å²) in [4.78, 5) is 15.3.